The van der Waals surface area contributed by atoms with Gasteiger partial charge < -0.3 is 5.32 Å². The highest BCUT2D eigenvalue weighted by molar-refractivity contribution is 6.32. The standard InChI is InChI=1S/C24H25ClF3N5O/c1-16-6-4-5-11-32(16)15-18-8-3-2-7-17(18)12-29-20-14-31-33(23(34)22(20)25)21-10-9-19(13-30-21)24(26,27)28/h2-3,7-10,13-14,16,29H,4-6,11-12,15H2,1H3. The zero-order valence-corrected chi connectivity index (χ0v) is 19.4. The number of alkyl halides is 3. The molecule has 34 heavy (non-hydrogen) atoms. The zero-order valence-electron chi connectivity index (χ0n) is 18.6. The van der Waals surface area contributed by atoms with Gasteiger partial charge in [0.25, 0.3) is 5.56 Å². The Kier molecular flexibility index (Phi) is 7.23. The lowest BCUT2D eigenvalue weighted by molar-refractivity contribution is -0.137. The molecule has 0 aliphatic carbocycles. The molecule has 1 unspecified atom stereocenters. The van der Waals surface area contributed by atoms with Gasteiger partial charge in [-0.15, -0.1) is 0 Å². The molecule has 1 N–H and O–H groups in total. The van der Waals surface area contributed by atoms with Gasteiger partial charge in [-0.05, 0) is 49.6 Å². The van der Waals surface area contributed by atoms with Crippen LogP contribution >= 0.6 is 11.6 Å². The number of pyridine rings is 1. The number of nitrogens with zero attached hydrogens (tertiary/aromatic N) is 4. The molecule has 2 aromatic heterocycles. The maximum absolute atomic E-state index is 12.8. The fourth-order valence-electron chi connectivity index (χ4n) is 4.08. The Labute approximate surface area is 200 Å². The molecule has 1 aliphatic heterocycles. The second-order valence-electron chi connectivity index (χ2n) is 8.43. The highest BCUT2D eigenvalue weighted by atomic mass is 35.5. The number of hydrogen-bond acceptors (Lipinski definition) is 5. The molecule has 1 atom stereocenters. The Bertz CT molecular complexity index is 1200. The summed E-state index contributed by atoms with van der Waals surface area (Å²) >= 11 is 6.28. The first-order chi connectivity index (χ1) is 16.2. The van der Waals surface area contributed by atoms with Crippen molar-refractivity contribution in [2.75, 3.05) is 11.9 Å². The van der Waals surface area contributed by atoms with Crippen LogP contribution in [0.25, 0.3) is 5.82 Å². The lowest BCUT2D eigenvalue weighted by atomic mass is 10.0. The minimum absolute atomic E-state index is 0.0487. The number of piperidine rings is 1. The monoisotopic (exact) mass is 491 g/mol. The number of nitrogens with one attached hydrogen (secondary N) is 1. The summed E-state index contributed by atoms with van der Waals surface area (Å²) in [6, 6.07) is 10.6. The van der Waals surface area contributed by atoms with Crippen LogP contribution in [-0.4, -0.2) is 32.3 Å². The van der Waals surface area contributed by atoms with Crippen molar-refractivity contribution in [3.8, 4) is 5.82 Å². The average Bonchev–Trinajstić information content (AvgIpc) is 2.82. The summed E-state index contributed by atoms with van der Waals surface area (Å²) in [7, 11) is 0. The first-order valence-corrected chi connectivity index (χ1v) is 11.5. The first kappa shape index (κ1) is 24.2. The topological polar surface area (TPSA) is 63.1 Å². The number of halogens is 4. The molecule has 6 nitrogen and oxygen atoms in total. The van der Waals surface area contributed by atoms with Crippen LogP contribution in [0, 0.1) is 0 Å². The Hall–Kier alpha value is -2.91. The van der Waals surface area contributed by atoms with E-state index < -0.39 is 17.3 Å². The molecule has 180 valence electrons. The van der Waals surface area contributed by atoms with Crippen molar-refractivity contribution in [1.82, 2.24) is 19.7 Å². The average molecular weight is 492 g/mol. The van der Waals surface area contributed by atoms with Gasteiger partial charge >= 0.3 is 6.18 Å². The summed E-state index contributed by atoms with van der Waals surface area (Å²) in [5.74, 6) is -0.0487. The second kappa shape index (κ2) is 10.1. The van der Waals surface area contributed by atoms with Crippen LogP contribution in [0.5, 0.6) is 0 Å². The molecule has 0 amide bonds. The van der Waals surface area contributed by atoms with Crippen molar-refractivity contribution in [1.29, 1.82) is 0 Å². The van der Waals surface area contributed by atoms with Gasteiger partial charge in [-0.3, -0.25) is 9.69 Å². The third-order valence-corrected chi connectivity index (χ3v) is 6.48. The molecule has 0 saturated carbocycles. The smallest absolute Gasteiger partial charge is 0.378 e. The lowest BCUT2D eigenvalue weighted by Gasteiger charge is -2.33. The van der Waals surface area contributed by atoms with E-state index in [1.165, 1.54) is 31.0 Å². The molecule has 0 radical (unpaired) electrons. The van der Waals surface area contributed by atoms with Crippen LogP contribution in [-0.2, 0) is 19.3 Å². The summed E-state index contributed by atoms with van der Waals surface area (Å²) in [5.41, 5.74) is 1.05. The zero-order chi connectivity index (χ0) is 24.3. The molecular formula is C24H25ClF3N5O. The van der Waals surface area contributed by atoms with Gasteiger partial charge in [0, 0.05) is 25.3 Å². The molecule has 3 heterocycles. The van der Waals surface area contributed by atoms with Gasteiger partial charge in [0.1, 0.15) is 5.02 Å². The third kappa shape index (κ3) is 5.42. The lowest BCUT2D eigenvalue weighted by Crippen LogP contribution is -2.37. The number of aromatic nitrogens is 3. The van der Waals surface area contributed by atoms with Crippen molar-refractivity contribution < 1.29 is 13.2 Å². The van der Waals surface area contributed by atoms with Gasteiger partial charge in [-0.1, -0.05) is 42.3 Å². The van der Waals surface area contributed by atoms with Crippen LogP contribution in [0.15, 0.2) is 53.6 Å². The fourth-order valence-corrected chi connectivity index (χ4v) is 4.28. The van der Waals surface area contributed by atoms with Crippen molar-refractivity contribution in [2.45, 2.75) is 51.5 Å². The van der Waals surface area contributed by atoms with E-state index in [0.717, 1.165) is 35.5 Å². The second-order valence-corrected chi connectivity index (χ2v) is 8.81. The van der Waals surface area contributed by atoms with E-state index in [9.17, 15) is 18.0 Å². The van der Waals surface area contributed by atoms with Gasteiger partial charge in [0.2, 0.25) is 0 Å². The van der Waals surface area contributed by atoms with E-state index in [1.54, 1.807) is 0 Å². The highest BCUT2D eigenvalue weighted by Gasteiger charge is 2.30. The van der Waals surface area contributed by atoms with Crippen LogP contribution in [0.2, 0.25) is 5.02 Å². The maximum atomic E-state index is 12.8. The SMILES string of the molecule is CC1CCCCN1Cc1ccccc1CNc1cnn(-c2ccc(C(F)(F)F)cn2)c(=O)c1Cl. The van der Waals surface area contributed by atoms with Crippen molar-refractivity contribution in [3.05, 3.63) is 80.9 Å². The minimum Gasteiger partial charge on any atom is -0.378 e. The molecule has 10 heteroatoms. The maximum Gasteiger partial charge on any atom is 0.417 e. The number of benzene rings is 1. The molecule has 0 spiro atoms. The van der Waals surface area contributed by atoms with E-state index in [0.29, 0.717) is 24.5 Å². The predicted octanol–water partition coefficient (Wildman–Crippen LogP) is 5.29. The Balaban J connectivity index is 1.50. The van der Waals surface area contributed by atoms with Crippen LogP contribution < -0.4 is 10.9 Å². The van der Waals surface area contributed by atoms with Crippen molar-refractivity contribution in [2.24, 2.45) is 0 Å². The molecule has 1 aliphatic rings. The Morgan fingerprint density at radius 3 is 2.56 bits per heavy atom. The predicted molar refractivity (Wildman–Crippen MR) is 125 cm³/mol. The van der Waals surface area contributed by atoms with Gasteiger partial charge in [0.15, 0.2) is 5.82 Å². The third-order valence-electron chi connectivity index (χ3n) is 6.11. The summed E-state index contributed by atoms with van der Waals surface area (Å²) in [5, 5.41) is 7.10. The molecule has 3 aromatic rings. The van der Waals surface area contributed by atoms with Gasteiger partial charge in [-0.25, -0.2) is 4.98 Å². The largest absolute Gasteiger partial charge is 0.417 e. The van der Waals surface area contributed by atoms with Gasteiger partial charge in [-0.2, -0.15) is 23.0 Å². The molecule has 1 fully saturated rings. The van der Waals surface area contributed by atoms with E-state index in [-0.39, 0.29) is 10.8 Å². The molecule has 1 saturated heterocycles. The molecule has 4 rings (SSSR count). The van der Waals surface area contributed by atoms with Crippen LogP contribution in [0.1, 0.15) is 42.9 Å². The van der Waals surface area contributed by atoms with Gasteiger partial charge in [0.05, 0.1) is 17.4 Å². The molecular weight excluding hydrogens is 467 g/mol. The summed E-state index contributed by atoms with van der Waals surface area (Å²) in [6.45, 7) is 4.63. The number of rotatable bonds is 6. The normalized spacial score (nSPS) is 17.0. The highest BCUT2D eigenvalue weighted by Crippen LogP contribution is 2.29. The van der Waals surface area contributed by atoms with Crippen LogP contribution in [0.4, 0.5) is 18.9 Å². The number of hydrogen-bond donors (Lipinski definition) is 1. The summed E-state index contributed by atoms with van der Waals surface area (Å²) in [6.07, 6.45) is 1.18. The van der Waals surface area contributed by atoms with E-state index in [2.05, 4.69) is 33.3 Å². The molecule has 1 aromatic carbocycles. The van der Waals surface area contributed by atoms with E-state index in [1.807, 2.05) is 18.2 Å². The quantitative estimate of drug-likeness (QED) is 0.508. The fraction of sp³-hybridized carbons (Fsp3) is 0.375. The van der Waals surface area contributed by atoms with Crippen molar-refractivity contribution >= 4 is 17.3 Å². The summed E-state index contributed by atoms with van der Waals surface area (Å²) in [4.78, 5) is 18.9. The van der Waals surface area contributed by atoms with Crippen molar-refractivity contribution in [3.63, 3.8) is 0 Å². The number of anilines is 1. The van der Waals surface area contributed by atoms with E-state index >= 15 is 0 Å². The van der Waals surface area contributed by atoms with Crippen LogP contribution in [0.3, 0.4) is 0 Å². The minimum atomic E-state index is -4.52. The Morgan fingerprint density at radius 1 is 1.12 bits per heavy atom. The number of likely N-dealkylation sites (tertiary alicyclic amines) is 1. The molecule has 0 bridgehead atoms. The Morgan fingerprint density at radius 2 is 1.88 bits per heavy atom. The van der Waals surface area contributed by atoms with E-state index in [4.69, 9.17) is 11.6 Å². The summed E-state index contributed by atoms with van der Waals surface area (Å²) < 4.78 is 39.2. The first-order valence-electron chi connectivity index (χ1n) is 11.1.